The number of aromatic nitrogens is 3. The van der Waals surface area contributed by atoms with E-state index in [4.69, 9.17) is 26.3 Å². The molecule has 0 radical (unpaired) electrons. The van der Waals surface area contributed by atoms with Gasteiger partial charge in [-0.1, -0.05) is 29.8 Å². The number of hydrogen-bond acceptors (Lipinski definition) is 7. The third-order valence-electron chi connectivity index (χ3n) is 9.47. The number of carbonyl (C=O) groups excluding carboxylic acids is 1. The molecule has 1 amide bonds. The van der Waals surface area contributed by atoms with Crippen LogP contribution in [-0.4, -0.2) is 81.8 Å². The molecule has 0 saturated carbocycles. The van der Waals surface area contributed by atoms with E-state index in [1.54, 1.807) is 11.2 Å². The first-order valence-electron chi connectivity index (χ1n) is 15.8. The number of nitrogens with zero attached hydrogens (tertiary/aromatic N) is 7. The fraction of sp³-hybridized carbons (Fsp3) is 0.486. The monoisotopic (exact) mass is 645 g/mol. The van der Waals surface area contributed by atoms with E-state index < -0.39 is 17.5 Å². The van der Waals surface area contributed by atoms with Crippen LogP contribution >= 0.6 is 11.6 Å². The average molecular weight is 646 g/mol. The number of halogens is 2. The highest BCUT2D eigenvalue weighted by atomic mass is 35.5. The maximum absolute atomic E-state index is 16.8. The zero-order valence-corrected chi connectivity index (χ0v) is 28.3. The summed E-state index contributed by atoms with van der Waals surface area (Å²) >= 11 is 6.93. The summed E-state index contributed by atoms with van der Waals surface area (Å²) in [6.45, 7) is 11.4. The molecule has 2 fully saturated rings. The Balaban J connectivity index is 1.49. The van der Waals surface area contributed by atoms with Gasteiger partial charge in [0.2, 0.25) is 0 Å². The number of likely N-dealkylation sites (N-methyl/N-ethyl adjacent to an activating group) is 1. The van der Waals surface area contributed by atoms with Crippen molar-refractivity contribution in [3.8, 4) is 17.2 Å². The first-order chi connectivity index (χ1) is 21.8. The number of hydrogen-bond donors (Lipinski definition) is 0. The normalized spacial score (nSPS) is 19.2. The second-order valence-corrected chi connectivity index (χ2v) is 14.3. The van der Waals surface area contributed by atoms with E-state index in [0.717, 1.165) is 35.3 Å². The van der Waals surface area contributed by atoms with Crippen molar-refractivity contribution in [3.05, 3.63) is 52.6 Å². The van der Waals surface area contributed by atoms with Gasteiger partial charge in [0.25, 0.3) is 0 Å². The summed E-state index contributed by atoms with van der Waals surface area (Å²) in [5.41, 5.74) is 4.15. The number of benzene rings is 2. The topological polar surface area (TPSA) is 90.5 Å². The highest BCUT2D eigenvalue weighted by Gasteiger charge is 2.37. The molecule has 4 heterocycles. The molecule has 2 aromatic heterocycles. The fourth-order valence-corrected chi connectivity index (χ4v) is 7.01. The Morgan fingerprint density at radius 2 is 1.96 bits per heavy atom. The standard InChI is InChI=1S/C35H41ClFN7O2/c1-20-9-8-10-25(21(20)2)28-27(36)16-26-30(29(28)37)40-33(42-17-24(18-42)41(6)7)31-32(26)44(19-39-31)23-12-14-43(22(15-23)11-13-38)34(45)46-35(3,4)5/h8-10,16,19,22-24H,11-12,14-15,17-18H2,1-7H3/t22-,23+/m1/s1. The summed E-state index contributed by atoms with van der Waals surface area (Å²) in [5, 5.41) is 10.6. The van der Waals surface area contributed by atoms with Gasteiger partial charge in [-0.05, 0) is 84.3 Å². The lowest BCUT2D eigenvalue weighted by Gasteiger charge is -2.43. The Kier molecular flexibility index (Phi) is 8.36. The number of imidazole rings is 1. The predicted molar refractivity (Wildman–Crippen MR) is 180 cm³/mol. The Morgan fingerprint density at radius 3 is 2.63 bits per heavy atom. The molecule has 0 bridgehead atoms. The van der Waals surface area contributed by atoms with Crippen LogP contribution in [0.4, 0.5) is 15.0 Å². The molecule has 0 unspecified atom stereocenters. The van der Waals surface area contributed by atoms with Gasteiger partial charge in [0.15, 0.2) is 11.6 Å². The molecule has 2 saturated heterocycles. The number of nitriles is 1. The maximum Gasteiger partial charge on any atom is 0.410 e. The minimum atomic E-state index is -0.643. The van der Waals surface area contributed by atoms with E-state index in [-0.39, 0.29) is 24.0 Å². The van der Waals surface area contributed by atoms with Gasteiger partial charge in [0, 0.05) is 48.7 Å². The second-order valence-electron chi connectivity index (χ2n) is 13.9. The third kappa shape index (κ3) is 5.64. The van der Waals surface area contributed by atoms with Crippen molar-refractivity contribution in [3.63, 3.8) is 0 Å². The third-order valence-corrected chi connectivity index (χ3v) is 9.77. The number of pyridine rings is 1. The van der Waals surface area contributed by atoms with Crippen LogP contribution in [0.3, 0.4) is 0 Å². The van der Waals surface area contributed by atoms with Gasteiger partial charge < -0.3 is 24.0 Å². The van der Waals surface area contributed by atoms with Crippen molar-refractivity contribution < 1.29 is 13.9 Å². The number of carbonyl (C=O) groups is 1. The molecule has 9 nitrogen and oxygen atoms in total. The molecule has 4 aromatic rings. The summed E-state index contributed by atoms with van der Waals surface area (Å²) in [5.74, 6) is 0.186. The SMILES string of the molecule is Cc1cccc(-c2c(Cl)cc3c(nc(N4CC(N(C)C)C4)c4ncn([C@H]5CCN(C(=O)OC(C)(C)C)[C@H](CC#N)C5)c43)c2F)c1C. The molecule has 0 spiro atoms. The van der Waals surface area contributed by atoms with Gasteiger partial charge in [0.05, 0.1) is 29.4 Å². The van der Waals surface area contributed by atoms with Crippen LogP contribution < -0.4 is 4.90 Å². The number of ether oxygens (including phenoxy) is 1. The average Bonchev–Trinajstić information content (AvgIpc) is 3.40. The minimum absolute atomic E-state index is 0.0908. The van der Waals surface area contributed by atoms with E-state index in [0.29, 0.717) is 52.7 Å². The van der Waals surface area contributed by atoms with Crippen LogP contribution in [0.2, 0.25) is 5.02 Å². The molecule has 2 atom stereocenters. The summed E-state index contributed by atoms with van der Waals surface area (Å²) in [6.07, 6.45) is 2.70. The van der Waals surface area contributed by atoms with E-state index in [2.05, 4.69) is 34.5 Å². The smallest absolute Gasteiger partial charge is 0.410 e. The van der Waals surface area contributed by atoms with Gasteiger partial charge in [0.1, 0.15) is 16.6 Å². The fourth-order valence-electron chi connectivity index (χ4n) is 6.71. The molecular weight excluding hydrogens is 605 g/mol. The molecule has 11 heteroatoms. The largest absolute Gasteiger partial charge is 0.444 e. The summed E-state index contributed by atoms with van der Waals surface area (Å²) in [6, 6.07) is 9.81. The van der Waals surface area contributed by atoms with E-state index in [1.165, 1.54) is 0 Å². The van der Waals surface area contributed by atoms with E-state index in [1.807, 2.05) is 58.9 Å². The van der Waals surface area contributed by atoms with Crippen molar-refractivity contribution in [1.82, 2.24) is 24.3 Å². The molecule has 6 rings (SSSR count). The second kappa shape index (κ2) is 12.0. The highest BCUT2D eigenvalue weighted by Crippen LogP contribution is 2.43. The molecule has 2 aliphatic heterocycles. The van der Waals surface area contributed by atoms with Crippen LogP contribution in [0.5, 0.6) is 0 Å². The number of fused-ring (bicyclic) bond motifs is 3. The number of rotatable bonds is 5. The van der Waals surface area contributed by atoms with Gasteiger partial charge in [-0.2, -0.15) is 5.26 Å². The number of anilines is 1. The zero-order chi connectivity index (χ0) is 33.1. The van der Waals surface area contributed by atoms with Gasteiger partial charge in [-0.3, -0.25) is 0 Å². The quantitative estimate of drug-likeness (QED) is 0.226. The summed E-state index contributed by atoms with van der Waals surface area (Å²) in [4.78, 5) is 28.9. The van der Waals surface area contributed by atoms with Crippen molar-refractivity contribution in [2.75, 3.05) is 38.6 Å². The van der Waals surface area contributed by atoms with Gasteiger partial charge >= 0.3 is 6.09 Å². The molecule has 0 N–H and O–H groups in total. The molecule has 46 heavy (non-hydrogen) atoms. The summed E-state index contributed by atoms with van der Waals surface area (Å²) < 4.78 is 24.6. The predicted octanol–water partition coefficient (Wildman–Crippen LogP) is 7.27. The van der Waals surface area contributed by atoms with Crippen molar-refractivity contribution >= 4 is 45.4 Å². The molecule has 242 valence electrons. The lowest BCUT2D eigenvalue weighted by molar-refractivity contribution is 0.00618. The van der Waals surface area contributed by atoms with Crippen LogP contribution in [0.1, 0.15) is 57.2 Å². The summed E-state index contributed by atoms with van der Waals surface area (Å²) in [7, 11) is 4.11. The lowest BCUT2D eigenvalue weighted by atomic mass is 9.94. The zero-order valence-electron chi connectivity index (χ0n) is 27.6. The first kappa shape index (κ1) is 32.0. The van der Waals surface area contributed by atoms with E-state index in [9.17, 15) is 10.1 Å². The van der Waals surface area contributed by atoms with Crippen LogP contribution in [0.25, 0.3) is 33.1 Å². The Hall–Kier alpha value is -3.94. The molecular formula is C35H41ClFN7O2. The van der Waals surface area contributed by atoms with E-state index >= 15 is 4.39 Å². The maximum atomic E-state index is 16.8. The molecule has 2 aliphatic rings. The first-order valence-corrected chi connectivity index (χ1v) is 16.2. The van der Waals surface area contributed by atoms with Crippen LogP contribution in [0, 0.1) is 31.0 Å². The molecule has 2 aromatic carbocycles. The van der Waals surface area contributed by atoms with Crippen molar-refractivity contribution in [2.24, 2.45) is 0 Å². The lowest BCUT2D eigenvalue weighted by Crippen LogP contribution is -2.57. The highest BCUT2D eigenvalue weighted by molar-refractivity contribution is 6.35. The Labute approximate surface area is 274 Å². The molecule has 0 aliphatic carbocycles. The van der Waals surface area contributed by atoms with Crippen LogP contribution in [-0.2, 0) is 4.74 Å². The number of amides is 1. The van der Waals surface area contributed by atoms with Crippen LogP contribution in [0.15, 0.2) is 30.6 Å². The Bertz CT molecular complexity index is 1870. The van der Waals surface area contributed by atoms with Crippen molar-refractivity contribution in [2.45, 2.75) is 77.6 Å². The van der Waals surface area contributed by atoms with Gasteiger partial charge in [-0.25, -0.2) is 19.2 Å². The number of likely N-dealkylation sites (tertiary alicyclic amines) is 1. The van der Waals surface area contributed by atoms with Gasteiger partial charge in [-0.15, -0.1) is 0 Å². The Morgan fingerprint density at radius 1 is 1.22 bits per heavy atom. The number of piperidine rings is 1. The number of aryl methyl sites for hydroxylation is 1. The minimum Gasteiger partial charge on any atom is -0.444 e. The van der Waals surface area contributed by atoms with Crippen molar-refractivity contribution in [1.29, 1.82) is 5.26 Å².